The molecule has 1 rings (SSSR count). The van der Waals surface area contributed by atoms with Gasteiger partial charge in [-0.15, -0.1) is 0 Å². The molecule has 0 saturated carbocycles. The Hall–Kier alpha value is -1.02. The van der Waals surface area contributed by atoms with Crippen molar-refractivity contribution < 1.29 is 9.84 Å². The first kappa shape index (κ1) is 14.0. The lowest BCUT2D eigenvalue weighted by atomic mass is 9.83. The summed E-state index contributed by atoms with van der Waals surface area (Å²) in [6, 6.07) is 6.23. The molecule has 1 aromatic rings. The van der Waals surface area contributed by atoms with Gasteiger partial charge >= 0.3 is 0 Å². The molecular weight excluding hydrogens is 212 g/mol. The lowest BCUT2D eigenvalue weighted by Crippen LogP contribution is -2.14. The van der Waals surface area contributed by atoms with E-state index in [1.54, 1.807) is 7.11 Å². The molecule has 2 heteroatoms. The van der Waals surface area contributed by atoms with E-state index in [0.717, 1.165) is 12.2 Å². The molecule has 0 aliphatic carbocycles. The van der Waals surface area contributed by atoms with Crippen molar-refractivity contribution in [3.8, 4) is 5.75 Å². The number of methoxy groups -OCH3 is 1. The third kappa shape index (κ3) is 3.22. The van der Waals surface area contributed by atoms with Crippen molar-refractivity contribution in [2.45, 2.75) is 45.4 Å². The van der Waals surface area contributed by atoms with Crippen LogP contribution in [0.15, 0.2) is 18.2 Å². The van der Waals surface area contributed by atoms with Crippen molar-refractivity contribution >= 4 is 0 Å². The highest BCUT2D eigenvalue weighted by Crippen LogP contribution is 2.34. The Kier molecular flexibility index (Phi) is 4.58. The van der Waals surface area contributed by atoms with Gasteiger partial charge in [0.1, 0.15) is 5.75 Å². The SMILES string of the molecule is CCC(CO)c1ccc(OC)c(C(C)(C)C)c1. The number of hydrogen-bond acceptors (Lipinski definition) is 2. The van der Waals surface area contributed by atoms with Gasteiger partial charge in [0, 0.05) is 12.5 Å². The smallest absolute Gasteiger partial charge is 0.122 e. The summed E-state index contributed by atoms with van der Waals surface area (Å²) in [4.78, 5) is 0. The Morgan fingerprint density at radius 3 is 2.35 bits per heavy atom. The molecule has 2 nitrogen and oxygen atoms in total. The second kappa shape index (κ2) is 5.54. The van der Waals surface area contributed by atoms with Crippen molar-refractivity contribution in [3.63, 3.8) is 0 Å². The molecule has 0 fully saturated rings. The fraction of sp³-hybridized carbons (Fsp3) is 0.600. The average molecular weight is 236 g/mol. The van der Waals surface area contributed by atoms with Crippen LogP contribution in [0.5, 0.6) is 5.75 Å². The third-order valence-corrected chi connectivity index (χ3v) is 3.22. The zero-order valence-corrected chi connectivity index (χ0v) is 11.6. The van der Waals surface area contributed by atoms with Crippen LogP contribution < -0.4 is 4.74 Å². The first-order valence-electron chi connectivity index (χ1n) is 6.23. The van der Waals surface area contributed by atoms with Crippen molar-refractivity contribution in [2.24, 2.45) is 0 Å². The minimum atomic E-state index is 0.0507. The summed E-state index contributed by atoms with van der Waals surface area (Å²) < 4.78 is 5.41. The summed E-state index contributed by atoms with van der Waals surface area (Å²) in [5.74, 6) is 1.15. The predicted molar refractivity (Wildman–Crippen MR) is 71.8 cm³/mol. The molecule has 0 saturated heterocycles. The van der Waals surface area contributed by atoms with Crippen LogP contribution >= 0.6 is 0 Å². The monoisotopic (exact) mass is 236 g/mol. The van der Waals surface area contributed by atoms with E-state index < -0.39 is 0 Å². The Bertz CT molecular complexity index is 360. The zero-order chi connectivity index (χ0) is 13.1. The van der Waals surface area contributed by atoms with Crippen LogP contribution in [0.4, 0.5) is 0 Å². The molecule has 17 heavy (non-hydrogen) atoms. The number of hydrogen-bond donors (Lipinski definition) is 1. The van der Waals surface area contributed by atoms with Crippen LogP contribution in [-0.4, -0.2) is 18.8 Å². The third-order valence-electron chi connectivity index (χ3n) is 3.22. The summed E-state index contributed by atoms with van der Waals surface area (Å²) in [5.41, 5.74) is 2.44. The summed E-state index contributed by atoms with van der Waals surface area (Å²) in [6.45, 7) is 8.83. The number of aliphatic hydroxyl groups excluding tert-OH is 1. The standard InChI is InChI=1S/C15H24O2/c1-6-11(10-16)12-7-8-14(17-5)13(9-12)15(2,3)4/h7-9,11,16H,6,10H2,1-5H3. The van der Waals surface area contributed by atoms with E-state index >= 15 is 0 Å². The second-order valence-corrected chi connectivity index (χ2v) is 5.50. The van der Waals surface area contributed by atoms with E-state index in [-0.39, 0.29) is 17.9 Å². The van der Waals surface area contributed by atoms with Gasteiger partial charge in [-0.3, -0.25) is 0 Å². The van der Waals surface area contributed by atoms with Crippen LogP contribution in [0.3, 0.4) is 0 Å². The maximum Gasteiger partial charge on any atom is 0.122 e. The molecule has 1 N–H and O–H groups in total. The maximum atomic E-state index is 9.37. The van der Waals surface area contributed by atoms with E-state index in [1.165, 1.54) is 11.1 Å². The highest BCUT2D eigenvalue weighted by molar-refractivity contribution is 5.42. The molecule has 96 valence electrons. The van der Waals surface area contributed by atoms with Crippen LogP contribution in [-0.2, 0) is 5.41 Å². The Labute approximate surface area is 105 Å². The largest absolute Gasteiger partial charge is 0.496 e. The van der Waals surface area contributed by atoms with Gasteiger partial charge in [-0.2, -0.15) is 0 Å². The highest BCUT2D eigenvalue weighted by Gasteiger charge is 2.20. The molecule has 0 spiro atoms. The van der Waals surface area contributed by atoms with E-state index in [9.17, 15) is 5.11 Å². The summed E-state index contributed by atoms with van der Waals surface area (Å²) >= 11 is 0. The maximum absolute atomic E-state index is 9.37. The summed E-state index contributed by atoms with van der Waals surface area (Å²) in [6.07, 6.45) is 0.951. The van der Waals surface area contributed by atoms with E-state index in [0.29, 0.717) is 0 Å². The Morgan fingerprint density at radius 2 is 1.94 bits per heavy atom. The molecule has 1 atom stereocenters. The first-order chi connectivity index (χ1) is 7.93. The molecule has 1 unspecified atom stereocenters. The van der Waals surface area contributed by atoms with Crippen LogP contribution in [0, 0.1) is 0 Å². The van der Waals surface area contributed by atoms with E-state index in [1.807, 2.05) is 6.07 Å². The van der Waals surface area contributed by atoms with Crippen molar-refractivity contribution in [2.75, 3.05) is 13.7 Å². The molecule has 0 heterocycles. The molecule has 0 aliphatic rings. The molecule has 0 aromatic heterocycles. The van der Waals surface area contributed by atoms with Gasteiger partial charge in [0.25, 0.3) is 0 Å². The Morgan fingerprint density at radius 1 is 1.29 bits per heavy atom. The molecule has 0 bridgehead atoms. The van der Waals surface area contributed by atoms with Crippen LogP contribution in [0.1, 0.15) is 51.2 Å². The second-order valence-electron chi connectivity index (χ2n) is 5.50. The first-order valence-corrected chi connectivity index (χ1v) is 6.23. The van der Waals surface area contributed by atoms with E-state index in [2.05, 4.69) is 39.8 Å². The summed E-state index contributed by atoms with van der Waals surface area (Å²) in [5, 5.41) is 9.37. The van der Waals surface area contributed by atoms with Crippen LogP contribution in [0.25, 0.3) is 0 Å². The number of aliphatic hydroxyl groups is 1. The minimum Gasteiger partial charge on any atom is -0.496 e. The molecule has 0 aliphatic heterocycles. The minimum absolute atomic E-state index is 0.0507. The van der Waals surface area contributed by atoms with Gasteiger partial charge in [-0.1, -0.05) is 39.8 Å². The lowest BCUT2D eigenvalue weighted by Gasteiger charge is -2.24. The molecule has 0 amide bonds. The van der Waals surface area contributed by atoms with Crippen LogP contribution in [0.2, 0.25) is 0 Å². The topological polar surface area (TPSA) is 29.5 Å². The van der Waals surface area contributed by atoms with Gasteiger partial charge in [-0.05, 0) is 29.0 Å². The van der Waals surface area contributed by atoms with Gasteiger partial charge in [-0.25, -0.2) is 0 Å². The zero-order valence-electron chi connectivity index (χ0n) is 11.6. The lowest BCUT2D eigenvalue weighted by molar-refractivity contribution is 0.262. The van der Waals surface area contributed by atoms with E-state index in [4.69, 9.17) is 4.74 Å². The van der Waals surface area contributed by atoms with Gasteiger partial charge < -0.3 is 9.84 Å². The fourth-order valence-corrected chi connectivity index (χ4v) is 2.04. The van der Waals surface area contributed by atoms with Gasteiger partial charge in [0.15, 0.2) is 0 Å². The van der Waals surface area contributed by atoms with Gasteiger partial charge in [0.05, 0.1) is 7.11 Å². The van der Waals surface area contributed by atoms with Crippen molar-refractivity contribution in [1.29, 1.82) is 0 Å². The van der Waals surface area contributed by atoms with Gasteiger partial charge in [0.2, 0.25) is 0 Å². The normalized spacial score (nSPS) is 13.5. The predicted octanol–water partition coefficient (Wildman–Crippen LogP) is 3.48. The summed E-state index contributed by atoms with van der Waals surface area (Å²) in [7, 11) is 1.70. The highest BCUT2D eigenvalue weighted by atomic mass is 16.5. The fourth-order valence-electron chi connectivity index (χ4n) is 2.04. The Balaban J connectivity index is 3.22. The van der Waals surface area contributed by atoms with Crippen molar-refractivity contribution in [3.05, 3.63) is 29.3 Å². The quantitative estimate of drug-likeness (QED) is 0.867. The molecule has 1 aromatic carbocycles. The average Bonchev–Trinajstić information content (AvgIpc) is 2.29. The van der Waals surface area contributed by atoms with Crippen molar-refractivity contribution in [1.82, 2.24) is 0 Å². The molecule has 0 radical (unpaired) electrons. The number of rotatable bonds is 4. The molecular formula is C15H24O2. The number of benzene rings is 1. The number of ether oxygens (including phenoxy) is 1.